The molecule has 0 spiro atoms. The van der Waals surface area contributed by atoms with Gasteiger partial charge in [0.1, 0.15) is 6.61 Å². The predicted octanol–water partition coefficient (Wildman–Crippen LogP) is 1.76. The summed E-state index contributed by atoms with van der Waals surface area (Å²) in [7, 11) is 0. The minimum Gasteiger partial charge on any atom is -0.447 e. The lowest BCUT2D eigenvalue weighted by atomic mass is 10.0. The molecule has 1 atom stereocenters. The number of carbonyl (C=O) groups is 1. The Balaban J connectivity index is 0.00000112. The lowest BCUT2D eigenvalue weighted by Gasteiger charge is -2.08. The summed E-state index contributed by atoms with van der Waals surface area (Å²) in [5, 5.41) is 11.5. The van der Waals surface area contributed by atoms with Crippen LogP contribution in [0.1, 0.15) is 17.2 Å². The molecule has 1 aliphatic heterocycles. The number of ether oxygens (including phenoxy) is 1. The van der Waals surface area contributed by atoms with Crippen molar-refractivity contribution in [2.24, 2.45) is 0 Å². The number of alkyl carbamates (subject to hydrolysis) is 1. The molecule has 1 saturated heterocycles. The van der Waals surface area contributed by atoms with Crippen molar-refractivity contribution in [2.45, 2.75) is 6.04 Å². The third kappa shape index (κ3) is 2.20. The molecule has 0 aromatic heterocycles. The van der Waals surface area contributed by atoms with Crippen molar-refractivity contribution in [3.63, 3.8) is 0 Å². The first-order valence-corrected chi connectivity index (χ1v) is 4.23. The molecule has 2 rings (SSSR count). The average molecular weight is 225 g/mol. The van der Waals surface area contributed by atoms with Crippen LogP contribution in [0.15, 0.2) is 24.3 Å². The van der Waals surface area contributed by atoms with Gasteiger partial charge >= 0.3 is 6.09 Å². The monoisotopic (exact) mass is 224 g/mol. The molecule has 1 fully saturated rings. The highest BCUT2D eigenvalue weighted by Gasteiger charge is 2.25. The number of rotatable bonds is 1. The second kappa shape index (κ2) is 4.67. The van der Waals surface area contributed by atoms with Crippen LogP contribution in [0.2, 0.25) is 0 Å². The van der Waals surface area contributed by atoms with Gasteiger partial charge in [-0.2, -0.15) is 5.26 Å². The molecule has 4 nitrogen and oxygen atoms in total. The quantitative estimate of drug-likeness (QED) is 0.791. The molecule has 78 valence electrons. The first-order valence-electron chi connectivity index (χ1n) is 4.23. The van der Waals surface area contributed by atoms with E-state index in [2.05, 4.69) is 11.4 Å². The fourth-order valence-electron chi connectivity index (χ4n) is 1.45. The minimum absolute atomic E-state index is 0. The molecular weight excluding hydrogens is 216 g/mol. The van der Waals surface area contributed by atoms with E-state index in [0.29, 0.717) is 5.56 Å². The predicted molar refractivity (Wildman–Crippen MR) is 55.6 cm³/mol. The summed E-state index contributed by atoms with van der Waals surface area (Å²) in [5.41, 5.74) is 1.38. The van der Waals surface area contributed by atoms with Gasteiger partial charge in [0.05, 0.1) is 17.7 Å². The first-order chi connectivity index (χ1) is 6.81. The fourth-order valence-corrected chi connectivity index (χ4v) is 1.45. The molecule has 0 saturated carbocycles. The summed E-state index contributed by atoms with van der Waals surface area (Å²) >= 11 is 0. The number of amides is 1. The summed E-state index contributed by atoms with van der Waals surface area (Å²) in [6.45, 7) is 0.289. The van der Waals surface area contributed by atoms with Crippen molar-refractivity contribution in [1.82, 2.24) is 5.32 Å². The van der Waals surface area contributed by atoms with Gasteiger partial charge in [-0.1, -0.05) is 18.2 Å². The van der Waals surface area contributed by atoms with Gasteiger partial charge in [0.15, 0.2) is 0 Å². The van der Waals surface area contributed by atoms with Gasteiger partial charge in [-0.15, -0.1) is 12.4 Å². The van der Waals surface area contributed by atoms with Crippen molar-refractivity contribution in [3.8, 4) is 6.07 Å². The number of cyclic esters (lactones) is 1. The normalized spacial score (nSPS) is 18.3. The number of nitrogens with zero attached hydrogens (tertiary/aromatic N) is 1. The molecule has 1 amide bonds. The van der Waals surface area contributed by atoms with E-state index < -0.39 is 6.09 Å². The van der Waals surface area contributed by atoms with Crippen LogP contribution in [0.5, 0.6) is 0 Å². The van der Waals surface area contributed by atoms with Crippen molar-refractivity contribution in [2.75, 3.05) is 6.61 Å². The van der Waals surface area contributed by atoms with Crippen LogP contribution < -0.4 is 5.32 Å². The molecule has 0 bridgehead atoms. The molecule has 0 radical (unpaired) electrons. The first kappa shape index (κ1) is 11.3. The summed E-state index contributed by atoms with van der Waals surface area (Å²) < 4.78 is 4.76. The van der Waals surface area contributed by atoms with Gasteiger partial charge in [0.2, 0.25) is 0 Å². The Hall–Kier alpha value is -1.73. The van der Waals surface area contributed by atoms with E-state index in [4.69, 9.17) is 10.00 Å². The van der Waals surface area contributed by atoms with Crippen LogP contribution in [0, 0.1) is 11.3 Å². The summed E-state index contributed by atoms with van der Waals surface area (Å²) in [6, 6.07) is 9.05. The average Bonchev–Trinajstić information content (AvgIpc) is 2.65. The highest BCUT2D eigenvalue weighted by atomic mass is 35.5. The van der Waals surface area contributed by atoms with E-state index in [1.165, 1.54) is 0 Å². The van der Waals surface area contributed by atoms with Gasteiger partial charge in [0.25, 0.3) is 0 Å². The smallest absolute Gasteiger partial charge is 0.407 e. The van der Waals surface area contributed by atoms with Gasteiger partial charge in [-0.05, 0) is 11.6 Å². The zero-order valence-electron chi connectivity index (χ0n) is 7.77. The number of nitriles is 1. The highest BCUT2D eigenvalue weighted by Crippen LogP contribution is 2.21. The SMILES string of the molecule is Cl.N#Cc1ccccc1[C@@H]1COC(=O)N1. The van der Waals surface area contributed by atoms with Crippen LogP contribution in [0.25, 0.3) is 0 Å². The third-order valence-electron chi connectivity index (χ3n) is 2.13. The van der Waals surface area contributed by atoms with Crippen molar-refractivity contribution in [1.29, 1.82) is 5.26 Å². The summed E-state index contributed by atoms with van der Waals surface area (Å²) in [6.07, 6.45) is -0.428. The summed E-state index contributed by atoms with van der Waals surface area (Å²) in [4.78, 5) is 10.8. The molecule has 1 aromatic carbocycles. The Morgan fingerprint density at radius 2 is 2.20 bits per heavy atom. The molecular formula is C10H9ClN2O2. The Kier molecular flexibility index (Phi) is 3.53. The molecule has 1 N–H and O–H groups in total. The number of hydrogen-bond donors (Lipinski definition) is 1. The highest BCUT2D eigenvalue weighted by molar-refractivity contribution is 5.85. The van der Waals surface area contributed by atoms with Crippen LogP contribution in [-0.4, -0.2) is 12.7 Å². The van der Waals surface area contributed by atoms with E-state index in [1.807, 2.05) is 12.1 Å². The Morgan fingerprint density at radius 1 is 1.47 bits per heavy atom. The second-order valence-corrected chi connectivity index (χ2v) is 2.99. The number of hydrogen-bond acceptors (Lipinski definition) is 3. The topological polar surface area (TPSA) is 62.1 Å². The van der Waals surface area contributed by atoms with E-state index in [-0.39, 0.29) is 25.1 Å². The van der Waals surface area contributed by atoms with Crippen LogP contribution >= 0.6 is 12.4 Å². The fraction of sp³-hybridized carbons (Fsp3) is 0.200. The zero-order valence-corrected chi connectivity index (χ0v) is 8.58. The third-order valence-corrected chi connectivity index (χ3v) is 2.13. The molecule has 0 aliphatic carbocycles. The van der Waals surface area contributed by atoms with Crippen LogP contribution in [0.3, 0.4) is 0 Å². The molecule has 1 aliphatic rings. The maximum atomic E-state index is 10.8. The van der Waals surface area contributed by atoms with Crippen molar-refractivity contribution < 1.29 is 9.53 Å². The van der Waals surface area contributed by atoms with Crippen LogP contribution in [-0.2, 0) is 4.74 Å². The van der Waals surface area contributed by atoms with E-state index >= 15 is 0 Å². The van der Waals surface area contributed by atoms with Crippen molar-refractivity contribution in [3.05, 3.63) is 35.4 Å². The van der Waals surface area contributed by atoms with Crippen molar-refractivity contribution >= 4 is 18.5 Å². The lowest BCUT2D eigenvalue weighted by molar-refractivity contribution is 0.177. The molecule has 1 heterocycles. The minimum atomic E-state index is -0.428. The van der Waals surface area contributed by atoms with Crippen LogP contribution in [0.4, 0.5) is 4.79 Å². The van der Waals surface area contributed by atoms with Gasteiger partial charge < -0.3 is 10.1 Å². The Bertz CT molecular complexity index is 414. The number of halogens is 1. The Morgan fingerprint density at radius 3 is 2.80 bits per heavy atom. The van der Waals surface area contributed by atoms with E-state index in [1.54, 1.807) is 12.1 Å². The molecule has 0 unspecified atom stereocenters. The van der Waals surface area contributed by atoms with Gasteiger partial charge in [0, 0.05) is 0 Å². The number of carbonyl (C=O) groups excluding carboxylic acids is 1. The molecule has 5 heteroatoms. The largest absolute Gasteiger partial charge is 0.447 e. The van der Waals surface area contributed by atoms with E-state index in [9.17, 15) is 4.79 Å². The van der Waals surface area contributed by atoms with Gasteiger partial charge in [-0.3, -0.25) is 0 Å². The number of nitrogens with one attached hydrogen (secondary N) is 1. The number of benzene rings is 1. The molecule has 1 aromatic rings. The molecule has 15 heavy (non-hydrogen) atoms. The maximum Gasteiger partial charge on any atom is 0.407 e. The van der Waals surface area contributed by atoms with E-state index in [0.717, 1.165) is 5.56 Å². The maximum absolute atomic E-state index is 10.8. The standard InChI is InChI=1S/C10H8N2O2.ClH/c11-5-7-3-1-2-4-8(7)9-6-14-10(13)12-9;/h1-4,9H,6H2,(H,12,13);1H/t9-;/m0./s1. The second-order valence-electron chi connectivity index (χ2n) is 2.99. The van der Waals surface area contributed by atoms with Gasteiger partial charge in [-0.25, -0.2) is 4.79 Å². The lowest BCUT2D eigenvalue weighted by Crippen LogP contribution is -2.19. The summed E-state index contributed by atoms with van der Waals surface area (Å²) in [5.74, 6) is 0. The zero-order chi connectivity index (χ0) is 9.97. The Labute approximate surface area is 93.3 Å².